The van der Waals surface area contributed by atoms with Crippen molar-refractivity contribution in [3.8, 4) is 5.69 Å². The fourth-order valence-electron chi connectivity index (χ4n) is 6.49. The molecule has 1 unspecified atom stereocenters. The Kier molecular flexibility index (Phi) is 6.71. The van der Waals surface area contributed by atoms with Crippen LogP contribution in [-0.2, 0) is 29.4 Å². The molecule has 0 saturated heterocycles. The Balaban J connectivity index is 1.32. The average Bonchev–Trinajstić information content (AvgIpc) is 3.34. The van der Waals surface area contributed by atoms with Crippen LogP contribution in [0.2, 0.25) is 0 Å². The molecule has 44 heavy (non-hydrogen) atoms. The number of rotatable bonds is 7. The Morgan fingerprint density at radius 3 is 2.55 bits per heavy atom. The first-order valence-corrected chi connectivity index (χ1v) is 16.5. The molecule has 3 aliphatic rings. The van der Waals surface area contributed by atoms with E-state index in [0.717, 1.165) is 29.7 Å². The molecular weight excluding hydrogens is 618 g/mol. The summed E-state index contributed by atoms with van der Waals surface area (Å²) >= 11 is 0.338. The van der Waals surface area contributed by atoms with Gasteiger partial charge in [-0.05, 0) is 80.3 Å². The molecule has 3 aliphatic carbocycles. The molecular formula is C29H27F4N7O2S2. The maximum absolute atomic E-state index is 14.4. The van der Waals surface area contributed by atoms with Crippen LogP contribution in [0.15, 0.2) is 53.5 Å². The summed E-state index contributed by atoms with van der Waals surface area (Å²) in [6.07, 6.45) is 4.15. The van der Waals surface area contributed by atoms with Gasteiger partial charge in [0.15, 0.2) is 10.0 Å². The largest absolute Gasteiger partial charge is 0.427 e. The molecule has 0 radical (unpaired) electrons. The highest BCUT2D eigenvalue weighted by atomic mass is 32.2. The van der Waals surface area contributed by atoms with Crippen molar-refractivity contribution >= 4 is 38.8 Å². The van der Waals surface area contributed by atoms with Crippen molar-refractivity contribution in [3.63, 3.8) is 0 Å². The van der Waals surface area contributed by atoms with Gasteiger partial charge in [-0.2, -0.15) is 18.3 Å². The van der Waals surface area contributed by atoms with Crippen LogP contribution in [0.1, 0.15) is 58.0 Å². The fraction of sp³-hybridized carbons (Fsp3) is 0.379. The third kappa shape index (κ3) is 4.81. The van der Waals surface area contributed by atoms with Gasteiger partial charge in [0, 0.05) is 19.1 Å². The SMILES string of the molecule is C=S(=O)(c1cn(C)nn1)N(C1CC1)[C@H]1CCC2=Cc3c(cnn3-c3ccc(F)cc3)C[C@]2(C(=O)c2ncc(C(F)(F)F)s2)C1. The first-order valence-electron chi connectivity index (χ1n) is 14.0. The van der Waals surface area contributed by atoms with E-state index in [1.165, 1.54) is 16.8 Å². The molecule has 0 amide bonds. The van der Waals surface area contributed by atoms with Crippen molar-refractivity contribution in [3.05, 3.63) is 75.4 Å². The maximum Gasteiger partial charge on any atom is 0.427 e. The zero-order valence-corrected chi connectivity index (χ0v) is 25.1. The second kappa shape index (κ2) is 10.2. The standard InChI is InChI=1S/C29H27F4N7O2S2/c1-38-16-25(36-37-38)44(2,42)40(21-9-10-21)22-6-3-18-11-23-17(14-35-39(23)20-7-4-19(30)5-8-20)12-28(18,13-22)26(41)27-34-15-24(43-27)29(31,32)33/h4-5,7-8,11,14-16,21-22H,2-3,6,9-10,12-13H2,1H3/t22-,28-,44?/m0/s1. The highest BCUT2D eigenvalue weighted by Crippen LogP contribution is 2.53. The molecule has 3 aromatic heterocycles. The van der Waals surface area contributed by atoms with Crippen molar-refractivity contribution in [1.82, 2.24) is 34.1 Å². The van der Waals surface area contributed by atoms with Gasteiger partial charge in [0.1, 0.15) is 10.7 Å². The van der Waals surface area contributed by atoms with Gasteiger partial charge in [-0.15, -0.1) is 16.4 Å². The van der Waals surface area contributed by atoms with E-state index in [9.17, 15) is 26.6 Å². The van der Waals surface area contributed by atoms with Gasteiger partial charge in [0.25, 0.3) is 0 Å². The van der Waals surface area contributed by atoms with E-state index in [4.69, 9.17) is 0 Å². The van der Waals surface area contributed by atoms with E-state index >= 15 is 0 Å². The molecule has 0 spiro atoms. The number of thiazole rings is 1. The van der Waals surface area contributed by atoms with Crippen LogP contribution in [0.25, 0.3) is 11.8 Å². The second-order valence-electron chi connectivity index (χ2n) is 11.6. The number of carbonyl (C=O) groups excluding carboxylic acids is 1. The van der Waals surface area contributed by atoms with Crippen LogP contribution < -0.4 is 0 Å². The molecule has 0 aliphatic heterocycles. The van der Waals surface area contributed by atoms with Crippen molar-refractivity contribution in [2.45, 2.75) is 61.8 Å². The van der Waals surface area contributed by atoms with Gasteiger partial charge in [0.05, 0.1) is 45.1 Å². The Hall–Kier alpha value is -3.69. The second-order valence-corrected chi connectivity index (χ2v) is 14.7. The molecule has 2 fully saturated rings. The summed E-state index contributed by atoms with van der Waals surface area (Å²) in [5, 5.41) is 12.6. The van der Waals surface area contributed by atoms with Crippen LogP contribution in [0.3, 0.4) is 0 Å². The summed E-state index contributed by atoms with van der Waals surface area (Å²) < 4.78 is 73.6. The number of ketones is 1. The zero-order valence-electron chi connectivity index (χ0n) is 23.5. The monoisotopic (exact) mass is 645 g/mol. The zero-order chi connectivity index (χ0) is 31.0. The van der Waals surface area contributed by atoms with Crippen molar-refractivity contribution in [2.24, 2.45) is 12.5 Å². The van der Waals surface area contributed by atoms with Crippen molar-refractivity contribution in [1.29, 1.82) is 0 Å². The topological polar surface area (TPSA) is 98.8 Å². The summed E-state index contributed by atoms with van der Waals surface area (Å²) in [4.78, 5) is 17.4. The van der Waals surface area contributed by atoms with Gasteiger partial charge in [-0.3, -0.25) is 9.48 Å². The lowest BCUT2D eigenvalue weighted by atomic mass is 9.61. The number of hydrogen-bond acceptors (Lipinski definition) is 7. The van der Waals surface area contributed by atoms with Gasteiger partial charge < -0.3 is 0 Å². The number of fused-ring (bicyclic) bond motifs is 2. The Labute approximate surface area is 254 Å². The molecule has 15 heteroatoms. The van der Waals surface area contributed by atoms with E-state index in [-0.39, 0.29) is 40.8 Å². The molecule has 3 atom stereocenters. The highest BCUT2D eigenvalue weighted by Gasteiger charge is 2.53. The molecule has 2 saturated carbocycles. The number of halogens is 4. The maximum atomic E-state index is 14.4. The highest BCUT2D eigenvalue weighted by molar-refractivity contribution is 7.98. The van der Waals surface area contributed by atoms with Crippen LogP contribution in [-0.4, -0.2) is 62.0 Å². The van der Waals surface area contributed by atoms with E-state index in [1.807, 2.05) is 10.4 Å². The molecule has 0 bridgehead atoms. The molecule has 7 rings (SSSR count). The van der Waals surface area contributed by atoms with Crippen LogP contribution >= 0.6 is 11.3 Å². The number of allylic oxidation sites excluding steroid dienone is 1. The average molecular weight is 646 g/mol. The molecule has 230 valence electrons. The quantitative estimate of drug-likeness (QED) is 0.157. The summed E-state index contributed by atoms with van der Waals surface area (Å²) in [7, 11) is -1.41. The third-order valence-electron chi connectivity index (χ3n) is 8.64. The Morgan fingerprint density at radius 2 is 1.91 bits per heavy atom. The third-order valence-corrected chi connectivity index (χ3v) is 11.8. The molecule has 1 aromatic carbocycles. The number of alkyl halides is 3. The van der Waals surface area contributed by atoms with Crippen LogP contribution in [0, 0.1) is 11.2 Å². The summed E-state index contributed by atoms with van der Waals surface area (Å²) in [5.41, 5.74) is 1.60. The Bertz CT molecular complexity index is 1910. The summed E-state index contributed by atoms with van der Waals surface area (Å²) in [5.74, 6) is 3.20. The summed E-state index contributed by atoms with van der Waals surface area (Å²) in [6.45, 7) is 0. The minimum Gasteiger partial charge on any atom is -0.290 e. The van der Waals surface area contributed by atoms with Crippen LogP contribution in [0.4, 0.5) is 17.6 Å². The lowest BCUT2D eigenvalue weighted by Gasteiger charge is -2.47. The smallest absolute Gasteiger partial charge is 0.290 e. The normalized spacial score (nSPS) is 23.1. The van der Waals surface area contributed by atoms with E-state index in [0.29, 0.717) is 36.1 Å². The first-order chi connectivity index (χ1) is 20.9. The fourth-order valence-corrected chi connectivity index (χ4v) is 9.37. The van der Waals surface area contributed by atoms with Crippen LogP contribution in [0.5, 0.6) is 0 Å². The van der Waals surface area contributed by atoms with Crippen molar-refractivity contribution in [2.75, 3.05) is 0 Å². The predicted octanol–water partition coefficient (Wildman–Crippen LogP) is 5.13. The number of aromatic nitrogens is 6. The van der Waals surface area contributed by atoms with Gasteiger partial charge in [-0.1, -0.05) is 10.8 Å². The number of carbonyl (C=O) groups is 1. The van der Waals surface area contributed by atoms with E-state index in [2.05, 4.69) is 26.3 Å². The van der Waals surface area contributed by atoms with Crippen molar-refractivity contribution < 1.29 is 26.6 Å². The van der Waals surface area contributed by atoms with Gasteiger partial charge >= 0.3 is 6.18 Å². The number of Topliss-reactive ketones (excluding diaryl/α,β-unsaturated/α-hetero) is 1. The molecule has 9 nitrogen and oxygen atoms in total. The number of hydrogen-bond donors (Lipinski definition) is 0. The molecule has 3 heterocycles. The Morgan fingerprint density at radius 1 is 1.16 bits per heavy atom. The first kappa shape index (κ1) is 29.0. The minimum absolute atomic E-state index is 0.0261. The lowest BCUT2D eigenvalue weighted by Crippen LogP contribution is -2.51. The molecule has 0 N–H and O–H groups in total. The lowest BCUT2D eigenvalue weighted by molar-refractivity contribution is -0.134. The number of benzene rings is 1. The molecule has 4 aromatic rings. The summed E-state index contributed by atoms with van der Waals surface area (Å²) in [6, 6.07) is 5.47. The van der Waals surface area contributed by atoms with E-state index < -0.39 is 32.0 Å². The van der Waals surface area contributed by atoms with Gasteiger partial charge in [-0.25, -0.2) is 22.6 Å². The van der Waals surface area contributed by atoms with E-state index in [1.54, 1.807) is 36.3 Å². The number of aryl methyl sites for hydroxylation is 1. The minimum atomic E-state index is -4.63. The number of nitrogens with zero attached hydrogens (tertiary/aromatic N) is 7. The van der Waals surface area contributed by atoms with Gasteiger partial charge in [0.2, 0.25) is 5.78 Å². The predicted molar refractivity (Wildman–Crippen MR) is 156 cm³/mol.